The lowest BCUT2D eigenvalue weighted by Crippen LogP contribution is -2.23. The molecule has 0 spiro atoms. The predicted molar refractivity (Wildman–Crippen MR) is 59.9 cm³/mol. The average Bonchev–Trinajstić information content (AvgIpc) is 2.50. The summed E-state index contributed by atoms with van der Waals surface area (Å²) in [5.41, 5.74) is -0.0353. The van der Waals surface area contributed by atoms with Crippen LogP contribution in [0.25, 0.3) is 0 Å². The van der Waals surface area contributed by atoms with Crippen LogP contribution in [-0.2, 0) is 14.3 Å². The van der Waals surface area contributed by atoms with Crippen molar-refractivity contribution in [1.82, 2.24) is 0 Å². The third-order valence-corrected chi connectivity index (χ3v) is 1.92. The molecule has 0 heterocycles. The second-order valence-corrected chi connectivity index (χ2v) is 3.00. The van der Waals surface area contributed by atoms with E-state index in [1.165, 1.54) is 31.4 Å². The molecule has 1 amide bonds. The first kappa shape index (κ1) is 12.7. The van der Waals surface area contributed by atoms with Crippen molar-refractivity contribution < 1.29 is 19.1 Å². The van der Waals surface area contributed by atoms with Crippen LogP contribution >= 0.6 is 0 Å². The molecule has 17 heavy (non-hydrogen) atoms. The van der Waals surface area contributed by atoms with Crippen LogP contribution in [-0.4, -0.2) is 26.1 Å². The molecule has 0 aliphatic carbocycles. The van der Waals surface area contributed by atoms with E-state index in [4.69, 9.17) is 4.74 Å². The zero-order valence-corrected chi connectivity index (χ0v) is 9.35. The second kappa shape index (κ2) is 5.64. The molecular weight excluding hydrogens is 226 g/mol. The van der Waals surface area contributed by atoms with Crippen molar-refractivity contribution >= 4 is 17.6 Å². The number of nitrogens with one attached hydrogen (secondary N) is 1. The Hall–Kier alpha value is -2.37. The maximum absolute atomic E-state index is 11.3. The van der Waals surface area contributed by atoms with Crippen LogP contribution in [0.15, 0.2) is 29.1 Å². The lowest BCUT2D eigenvalue weighted by atomic mass is 10.4. The fraction of sp³-hybridized carbons (Fsp3) is 0.182. The number of carbonyl (C=O) groups excluding carboxylic acids is 2. The number of carbonyl (C=O) groups is 2. The van der Waals surface area contributed by atoms with E-state index in [0.29, 0.717) is 5.69 Å². The molecule has 0 bridgehead atoms. The van der Waals surface area contributed by atoms with E-state index in [-0.39, 0.29) is 11.2 Å². The largest absolute Gasteiger partial charge is 0.493 e. The van der Waals surface area contributed by atoms with Crippen LogP contribution in [0.3, 0.4) is 0 Å². The third-order valence-electron chi connectivity index (χ3n) is 1.92. The first-order valence-electron chi connectivity index (χ1n) is 4.66. The third kappa shape index (κ3) is 3.30. The van der Waals surface area contributed by atoms with Crippen molar-refractivity contribution in [3.63, 3.8) is 0 Å². The molecule has 0 atom stereocenters. The van der Waals surface area contributed by atoms with E-state index in [9.17, 15) is 14.4 Å². The van der Waals surface area contributed by atoms with Gasteiger partial charge in [-0.05, 0) is 24.3 Å². The van der Waals surface area contributed by atoms with Gasteiger partial charge in [-0.15, -0.1) is 0 Å². The summed E-state index contributed by atoms with van der Waals surface area (Å²) in [4.78, 5) is 33.4. The molecule has 0 aliphatic rings. The highest BCUT2D eigenvalue weighted by Crippen LogP contribution is 2.07. The van der Waals surface area contributed by atoms with Crippen molar-refractivity contribution in [2.24, 2.45) is 0 Å². The Kier molecular flexibility index (Phi) is 4.21. The molecule has 6 heteroatoms. The predicted octanol–water partition coefficient (Wildman–Crippen LogP) is 0.167. The Bertz CT molecular complexity index is 497. The van der Waals surface area contributed by atoms with Gasteiger partial charge in [0.25, 0.3) is 0 Å². The smallest absolute Gasteiger partial charge is 0.396 e. The monoisotopic (exact) mass is 237 g/mol. The Morgan fingerprint density at radius 1 is 1.12 bits per heavy atom. The summed E-state index contributed by atoms with van der Waals surface area (Å²) in [5, 5.41) is 2.28. The van der Waals surface area contributed by atoms with Gasteiger partial charge in [-0.25, -0.2) is 4.79 Å². The van der Waals surface area contributed by atoms with Crippen molar-refractivity contribution in [3.8, 4) is 5.75 Å². The van der Waals surface area contributed by atoms with Gasteiger partial charge in [0.05, 0.1) is 14.2 Å². The van der Waals surface area contributed by atoms with Gasteiger partial charge in [-0.3, -0.25) is 9.59 Å². The highest BCUT2D eigenvalue weighted by Gasteiger charge is 2.13. The minimum atomic E-state index is -1.01. The molecule has 1 rings (SSSR count). The van der Waals surface area contributed by atoms with Crippen LogP contribution in [0.1, 0.15) is 0 Å². The SMILES string of the molecule is COC(=O)C(=O)Nc1ccc(OC)c(=O)cc1. The molecule has 90 valence electrons. The minimum Gasteiger partial charge on any atom is -0.493 e. The standard InChI is InChI=1S/C11H11NO5/c1-16-9-6-4-7(3-5-8(9)13)12-10(14)11(15)17-2/h3-6H,1-2H3,(H,12,14). The quantitative estimate of drug-likeness (QED) is 0.585. The number of hydrogen-bond acceptors (Lipinski definition) is 5. The summed E-state index contributed by atoms with van der Waals surface area (Å²) in [7, 11) is 2.47. The van der Waals surface area contributed by atoms with E-state index < -0.39 is 11.9 Å². The molecule has 0 aliphatic heterocycles. The number of ether oxygens (including phenoxy) is 2. The molecule has 0 saturated heterocycles. The van der Waals surface area contributed by atoms with E-state index >= 15 is 0 Å². The first-order valence-corrected chi connectivity index (χ1v) is 4.66. The van der Waals surface area contributed by atoms with E-state index in [1.807, 2.05) is 0 Å². The summed E-state index contributed by atoms with van der Waals surface area (Å²) in [6, 6.07) is 5.44. The van der Waals surface area contributed by atoms with Gasteiger partial charge in [0.15, 0.2) is 5.75 Å². The molecule has 1 aromatic rings. The van der Waals surface area contributed by atoms with Crippen LogP contribution in [0, 0.1) is 0 Å². The number of amides is 1. The number of rotatable bonds is 2. The Balaban J connectivity index is 2.95. The maximum Gasteiger partial charge on any atom is 0.396 e. The molecule has 6 nitrogen and oxygen atoms in total. The minimum absolute atomic E-state index is 0.142. The highest BCUT2D eigenvalue weighted by atomic mass is 16.5. The number of esters is 1. The van der Waals surface area contributed by atoms with Crippen LogP contribution in [0.4, 0.5) is 5.69 Å². The molecule has 0 unspecified atom stereocenters. The van der Waals surface area contributed by atoms with Crippen molar-refractivity contribution in [2.45, 2.75) is 0 Å². The fourth-order valence-electron chi connectivity index (χ4n) is 1.08. The van der Waals surface area contributed by atoms with E-state index in [2.05, 4.69) is 10.1 Å². The average molecular weight is 237 g/mol. The lowest BCUT2D eigenvalue weighted by Gasteiger charge is -2.00. The molecular formula is C11H11NO5. The highest BCUT2D eigenvalue weighted by molar-refractivity contribution is 6.37. The zero-order valence-electron chi connectivity index (χ0n) is 9.35. The number of hydrogen-bond donors (Lipinski definition) is 1. The second-order valence-electron chi connectivity index (χ2n) is 3.00. The molecule has 0 fully saturated rings. The topological polar surface area (TPSA) is 81.7 Å². The fourth-order valence-corrected chi connectivity index (χ4v) is 1.08. The first-order chi connectivity index (χ1) is 8.08. The van der Waals surface area contributed by atoms with Gasteiger partial charge in [-0.1, -0.05) is 0 Å². The van der Waals surface area contributed by atoms with Crippen LogP contribution in [0.5, 0.6) is 5.75 Å². The van der Waals surface area contributed by atoms with Crippen molar-refractivity contribution in [2.75, 3.05) is 19.5 Å². The lowest BCUT2D eigenvalue weighted by molar-refractivity contribution is -0.150. The van der Waals surface area contributed by atoms with Crippen molar-refractivity contribution in [3.05, 3.63) is 34.5 Å². The Labute approximate surface area is 97.2 Å². The molecule has 1 N–H and O–H groups in total. The van der Waals surface area contributed by atoms with Gasteiger partial charge in [0.1, 0.15) is 0 Å². The summed E-state index contributed by atoms with van der Waals surface area (Å²) in [5.74, 6) is -1.78. The molecule has 0 saturated carbocycles. The molecule has 1 aromatic carbocycles. The summed E-state index contributed by atoms with van der Waals surface area (Å²) >= 11 is 0. The van der Waals surface area contributed by atoms with Gasteiger partial charge in [0.2, 0.25) is 5.43 Å². The number of methoxy groups -OCH3 is 2. The van der Waals surface area contributed by atoms with Crippen LogP contribution < -0.4 is 15.5 Å². The maximum atomic E-state index is 11.3. The van der Waals surface area contributed by atoms with Gasteiger partial charge in [-0.2, -0.15) is 0 Å². The summed E-state index contributed by atoms with van der Waals surface area (Å²) in [6.07, 6.45) is 0. The van der Waals surface area contributed by atoms with Gasteiger partial charge < -0.3 is 14.8 Å². The zero-order chi connectivity index (χ0) is 12.8. The summed E-state index contributed by atoms with van der Waals surface area (Å²) in [6.45, 7) is 0. The Morgan fingerprint density at radius 2 is 1.76 bits per heavy atom. The molecule has 0 radical (unpaired) electrons. The van der Waals surface area contributed by atoms with E-state index in [0.717, 1.165) is 7.11 Å². The van der Waals surface area contributed by atoms with E-state index in [1.54, 1.807) is 0 Å². The van der Waals surface area contributed by atoms with Crippen molar-refractivity contribution in [1.29, 1.82) is 0 Å². The Morgan fingerprint density at radius 3 is 2.35 bits per heavy atom. The summed E-state index contributed by atoms with van der Waals surface area (Å²) < 4.78 is 9.06. The number of anilines is 1. The van der Waals surface area contributed by atoms with Gasteiger partial charge in [0, 0.05) is 5.69 Å². The molecule has 0 aromatic heterocycles. The normalized spacial score (nSPS) is 9.29. The van der Waals surface area contributed by atoms with Gasteiger partial charge >= 0.3 is 11.9 Å². The van der Waals surface area contributed by atoms with Crippen LogP contribution in [0.2, 0.25) is 0 Å².